The molecule has 0 radical (unpaired) electrons. The summed E-state index contributed by atoms with van der Waals surface area (Å²) in [5.74, 6) is -0.520. The number of aromatic carboxylic acids is 1. The van der Waals surface area contributed by atoms with Crippen LogP contribution < -0.4 is 0 Å². The molecular weight excluding hydrogens is 302 g/mol. The number of rotatable bonds is 3. The summed E-state index contributed by atoms with van der Waals surface area (Å²) in [6.45, 7) is 0. The van der Waals surface area contributed by atoms with E-state index in [0.717, 1.165) is 16.8 Å². The van der Waals surface area contributed by atoms with E-state index in [1.54, 1.807) is 16.6 Å². The molecule has 5 heteroatoms. The number of hydrogen-bond donors (Lipinski definition) is 1. The minimum Gasteiger partial charge on any atom is -0.478 e. The van der Waals surface area contributed by atoms with E-state index >= 15 is 0 Å². The van der Waals surface area contributed by atoms with Gasteiger partial charge in [0.15, 0.2) is 11.5 Å². The Hall–Kier alpha value is -3.47. The van der Waals surface area contributed by atoms with Gasteiger partial charge < -0.3 is 5.11 Å². The van der Waals surface area contributed by atoms with E-state index in [9.17, 15) is 9.90 Å². The minimum atomic E-state index is -1.02. The highest BCUT2D eigenvalue weighted by molar-refractivity contribution is 5.95. The summed E-state index contributed by atoms with van der Waals surface area (Å²) in [5.41, 5.74) is 3.05. The van der Waals surface area contributed by atoms with Gasteiger partial charge in [-0.1, -0.05) is 60.7 Å². The summed E-state index contributed by atoms with van der Waals surface area (Å²) in [6, 6.07) is 22.6. The first-order valence-corrected chi connectivity index (χ1v) is 7.48. The summed E-state index contributed by atoms with van der Waals surface area (Å²) in [5, 5.41) is 14.0. The van der Waals surface area contributed by atoms with Gasteiger partial charge in [-0.3, -0.25) is 0 Å². The van der Waals surface area contributed by atoms with Crippen LogP contribution >= 0.6 is 0 Å². The standard InChI is InChI=1S/C19H13N3O2/c23-19(24)15-11-12-16(13-7-3-1-4-8-13)22-18(15)20-17(21-22)14-9-5-2-6-10-14/h1-12H,(H,23,24). The number of carbonyl (C=O) groups is 1. The molecule has 0 atom stereocenters. The van der Waals surface area contributed by atoms with Gasteiger partial charge in [0, 0.05) is 11.1 Å². The molecule has 5 nitrogen and oxygen atoms in total. The number of aromatic nitrogens is 3. The number of hydrogen-bond acceptors (Lipinski definition) is 3. The molecule has 2 aromatic carbocycles. The molecule has 0 aliphatic rings. The van der Waals surface area contributed by atoms with Crippen molar-refractivity contribution >= 4 is 11.6 Å². The Bertz CT molecular complexity index is 1020. The molecule has 0 spiro atoms. The van der Waals surface area contributed by atoms with Crippen molar-refractivity contribution in [1.82, 2.24) is 14.6 Å². The highest BCUT2D eigenvalue weighted by Gasteiger charge is 2.17. The molecule has 0 aliphatic heterocycles. The highest BCUT2D eigenvalue weighted by Crippen LogP contribution is 2.24. The fraction of sp³-hybridized carbons (Fsp3) is 0. The van der Waals surface area contributed by atoms with E-state index in [2.05, 4.69) is 10.1 Å². The lowest BCUT2D eigenvalue weighted by Crippen LogP contribution is -2.03. The topological polar surface area (TPSA) is 67.5 Å². The lowest BCUT2D eigenvalue weighted by Gasteiger charge is -2.05. The van der Waals surface area contributed by atoms with Crippen LogP contribution in [0.1, 0.15) is 10.4 Å². The van der Waals surface area contributed by atoms with Gasteiger partial charge in [-0.15, -0.1) is 5.10 Å². The molecule has 2 heterocycles. The van der Waals surface area contributed by atoms with Gasteiger partial charge in [-0.25, -0.2) is 14.3 Å². The van der Waals surface area contributed by atoms with Gasteiger partial charge in [0.25, 0.3) is 0 Å². The van der Waals surface area contributed by atoms with Crippen LogP contribution in [0.25, 0.3) is 28.3 Å². The fourth-order valence-electron chi connectivity index (χ4n) is 2.67. The first-order valence-electron chi connectivity index (χ1n) is 7.48. The molecule has 0 saturated heterocycles. The first kappa shape index (κ1) is 14.1. The summed E-state index contributed by atoms with van der Waals surface area (Å²) in [4.78, 5) is 16.0. The van der Waals surface area contributed by atoms with Gasteiger partial charge in [-0.2, -0.15) is 0 Å². The Labute approximate surface area is 137 Å². The molecule has 0 fully saturated rings. The van der Waals surface area contributed by atoms with Crippen LogP contribution in [0.3, 0.4) is 0 Å². The summed E-state index contributed by atoms with van der Waals surface area (Å²) >= 11 is 0. The third-order valence-electron chi connectivity index (χ3n) is 3.82. The molecular formula is C19H13N3O2. The smallest absolute Gasteiger partial charge is 0.339 e. The number of fused-ring (bicyclic) bond motifs is 1. The molecule has 0 amide bonds. The van der Waals surface area contributed by atoms with Crippen LogP contribution in [0, 0.1) is 0 Å². The zero-order chi connectivity index (χ0) is 16.5. The van der Waals surface area contributed by atoms with E-state index in [4.69, 9.17) is 0 Å². The van der Waals surface area contributed by atoms with E-state index in [0.29, 0.717) is 11.5 Å². The van der Waals surface area contributed by atoms with Crippen LogP contribution in [0.5, 0.6) is 0 Å². The third kappa shape index (κ3) is 2.32. The fourth-order valence-corrected chi connectivity index (χ4v) is 2.67. The maximum atomic E-state index is 11.5. The minimum absolute atomic E-state index is 0.129. The van der Waals surface area contributed by atoms with E-state index < -0.39 is 5.97 Å². The van der Waals surface area contributed by atoms with Crippen LogP contribution in [-0.4, -0.2) is 25.7 Å². The molecule has 4 rings (SSSR count). The van der Waals surface area contributed by atoms with Crippen molar-refractivity contribution in [3.8, 4) is 22.6 Å². The van der Waals surface area contributed by atoms with E-state index in [-0.39, 0.29) is 5.56 Å². The number of benzene rings is 2. The number of carboxylic acids is 1. The molecule has 0 aliphatic carbocycles. The zero-order valence-corrected chi connectivity index (χ0v) is 12.6. The van der Waals surface area contributed by atoms with Crippen LogP contribution in [0.2, 0.25) is 0 Å². The van der Waals surface area contributed by atoms with E-state index in [1.165, 1.54) is 0 Å². The quantitative estimate of drug-likeness (QED) is 0.625. The van der Waals surface area contributed by atoms with Crippen LogP contribution in [0.15, 0.2) is 72.8 Å². The lowest BCUT2D eigenvalue weighted by molar-refractivity contribution is 0.0698. The summed E-state index contributed by atoms with van der Waals surface area (Å²) in [7, 11) is 0. The molecule has 0 bridgehead atoms. The second-order valence-corrected chi connectivity index (χ2v) is 5.34. The van der Waals surface area contributed by atoms with Gasteiger partial charge >= 0.3 is 5.97 Å². The Kier molecular flexibility index (Phi) is 3.31. The maximum absolute atomic E-state index is 11.5. The summed E-state index contributed by atoms with van der Waals surface area (Å²) < 4.78 is 1.60. The van der Waals surface area contributed by atoms with Crippen molar-refractivity contribution in [1.29, 1.82) is 0 Å². The van der Waals surface area contributed by atoms with Crippen molar-refractivity contribution < 1.29 is 9.90 Å². The Morgan fingerprint density at radius 3 is 2.08 bits per heavy atom. The predicted octanol–water partition coefficient (Wildman–Crippen LogP) is 3.76. The monoisotopic (exact) mass is 315 g/mol. The maximum Gasteiger partial charge on any atom is 0.339 e. The zero-order valence-electron chi connectivity index (χ0n) is 12.6. The Balaban J connectivity index is 2.01. The highest BCUT2D eigenvalue weighted by atomic mass is 16.4. The molecule has 1 N–H and O–H groups in total. The van der Waals surface area contributed by atoms with Crippen LogP contribution in [-0.2, 0) is 0 Å². The van der Waals surface area contributed by atoms with Crippen molar-refractivity contribution in [3.05, 3.63) is 78.4 Å². The molecule has 4 aromatic rings. The van der Waals surface area contributed by atoms with Gasteiger partial charge in [-0.05, 0) is 12.1 Å². The third-order valence-corrected chi connectivity index (χ3v) is 3.82. The molecule has 24 heavy (non-hydrogen) atoms. The Morgan fingerprint density at radius 1 is 0.833 bits per heavy atom. The average Bonchev–Trinajstić information content (AvgIpc) is 3.07. The van der Waals surface area contributed by atoms with Gasteiger partial charge in [0.2, 0.25) is 0 Å². The lowest BCUT2D eigenvalue weighted by atomic mass is 10.1. The molecule has 0 saturated carbocycles. The average molecular weight is 315 g/mol. The van der Waals surface area contributed by atoms with Crippen molar-refractivity contribution in [2.75, 3.05) is 0 Å². The first-order chi connectivity index (χ1) is 11.7. The normalized spacial score (nSPS) is 10.8. The van der Waals surface area contributed by atoms with Crippen molar-refractivity contribution in [2.45, 2.75) is 0 Å². The second-order valence-electron chi connectivity index (χ2n) is 5.34. The van der Waals surface area contributed by atoms with Crippen molar-refractivity contribution in [2.24, 2.45) is 0 Å². The largest absolute Gasteiger partial charge is 0.478 e. The van der Waals surface area contributed by atoms with E-state index in [1.807, 2.05) is 60.7 Å². The number of pyridine rings is 1. The molecule has 2 aromatic heterocycles. The Morgan fingerprint density at radius 2 is 1.46 bits per heavy atom. The van der Waals surface area contributed by atoms with Gasteiger partial charge in [0.1, 0.15) is 5.56 Å². The molecule has 116 valence electrons. The predicted molar refractivity (Wildman–Crippen MR) is 90.8 cm³/mol. The van der Waals surface area contributed by atoms with Crippen molar-refractivity contribution in [3.63, 3.8) is 0 Å². The van der Waals surface area contributed by atoms with Gasteiger partial charge in [0.05, 0.1) is 5.69 Å². The van der Waals surface area contributed by atoms with Crippen LogP contribution in [0.4, 0.5) is 0 Å². The number of carboxylic acid groups (broad SMARTS) is 1. The number of nitrogens with zero attached hydrogens (tertiary/aromatic N) is 3. The summed E-state index contributed by atoms with van der Waals surface area (Å²) in [6.07, 6.45) is 0. The molecule has 0 unspecified atom stereocenters. The SMILES string of the molecule is O=C(O)c1ccc(-c2ccccc2)n2nc(-c3ccccc3)nc12. The second kappa shape index (κ2) is 5.62.